The van der Waals surface area contributed by atoms with E-state index < -0.39 is 0 Å². The van der Waals surface area contributed by atoms with Crippen molar-refractivity contribution in [3.05, 3.63) is 66.0 Å². The minimum Gasteiger partial charge on any atom is -0.494 e. The summed E-state index contributed by atoms with van der Waals surface area (Å²) in [6, 6.07) is 0. The van der Waals surface area contributed by atoms with Gasteiger partial charge in [0.2, 0.25) is 0 Å². The third-order valence-corrected chi connectivity index (χ3v) is 4.47. The van der Waals surface area contributed by atoms with Gasteiger partial charge in [-0.15, -0.1) is 0 Å². The number of methoxy groups -OCH3 is 1. The van der Waals surface area contributed by atoms with Crippen LogP contribution in [-0.4, -0.2) is 21.6 Å². The first-order valence-electron chi connectivity index (χ1n) is 8.36. The van der Waals surface area contributed by atoms with Crippen molar-refractivity contribution >= 4 is 24.3 Å². The Morgan fingerprint density at radius 1 is 1.00 bits per heavy atom. The van der Waals surface area contributed by atoms with Crippen molar-refractivity contribution in [2.45, 2.75) is 13.8 Å². The van der Waals surface area contributed by atoms with Gasteiger partial charge >= 0.3 is 0 Å². The van der Waals surface area contributed by atoms with E-state index in [0.29, 0.717) is 17.1 Å². The largest absolute Gasteiger partial charge is 0.494 e. The second-order valence-corrected chi connectivity index (χ2v) is 5.83. The van der Waals surface area contributed by atoms with Crippen LogP contribution in [-0.2, 0) is 7.05 Å². The Morgan fingerprint density at radius 3 is 2.15 bits per heavy atom. The maximum atomic E-state index is 10.9. The van der Waals surface area contributed by atoms with E-state index in [-0.39, 0.29) is 0 Å². The molecular formula is C22H26N2O2. The molecule has 0 aromatic carbocycles. The summed E-state index contributed by atoms with van der Waals surface area (Å²) in [5.74, 6) is 0.658. The van der Waals surface area contributed by atoms with Crippen molar-refractivity contribution in [1.82, 2.24) is 9.30 Å². The SMILES string of the molecule is C=C/C=C\c1c(C)c(C=C)c(-c2c(OC)c(C=C)c(/C=C\C)n2C)n1O. The topological polar surface area (TPSA) is 39.3 Å². The number of allylic oxidation sites excluding steroid dienone is 3. The fraction of sp³-hybridized carbons (Fsp3) is 0.182. The van der Waals surface area contributed by atoms with E-state index in [1.807, 2.05) is 43.7 Å². The van der Waals surface area contributed by atoms with Crippen LogP contribution < -0.4 is 4.74 Å². The second kappa shape index (κ2) is 7.83. The van der Waals surface area contributed by atoms with Gasteiger partial charge in [-0.05, 0) is 31.6 Å². The van der Waals surface area contributed by atoms with E-state index >= 15 is 0 Å². The smallest absolute Gasteiger partial charge is 0.154 e. The van der Waals surface area contributed by atoms with Gasteiger partial charge < -0.3 is 14.5 Å². The summed E-state index contributed by atoms with van der Waals surface area (Å²) in [5, 5.41) is 10.9. The summed E-state index contributed by atoms with van der Waals surface area (Å²) in [6.07, 6.45) is 12.7. The van der Waals surface area contributed by atoms with Crippen LogP contribution >= 0.6 is 0 Å². The molecule has 2 aromatic heterocycles. The third-order valence-electron chi connectivity index (χ3n) is 4.47. The molecule has 4 nitrogen and oxygen atoms in total. The monoisotopic (exact) mass is 350 g/mol. The Hall–Kier alpha value is -3.14. The first-order valence-corrected chi connectivity index (χ1v) is 8.36. The van der Waals surface area contributed by atoms with Gasteiger partial charge in [-0.3, -0.25) is 0 Å². The first-order chi connectivity index (χ1) is 12.5. The highest BCUT2D eigenvalue weighted by Crippen LogP contribution is 2.42. The third kappa shape index (κ3) is 2.84. The molecule has 1 N–H and O–H groups in total. The van der Waals surface area contributed by atoms with E-state index in [9.17, 15) is 5.21 Å². The number of nitrogens with zero attached hydrogens (tertiary/aromatic N) is 2. The Balaban J connectivity index is 2.97. The molecule has 26 heavy (non-hydrogen) atoms. The fourth-order valence-corrected chi connectivity index (χ4v) is 3.27. The van der Waals surface area contributed by atoms with Crippen molar-refractivity contribution < 1.29 is 9.94 Å². The highest BCUT2D eigenvalue weighted by molar-refractivity contribution is 5.85. The van der Waals surface area contributed by atoms with E-state index in [0.717, 1.165) is 28.1 Å². The maximum Gasteiger partial charge on any atom is 0.154 e. The zero-order chi connectivity index (χ0) is 19.4. The number of hydrogen-bond donors (Lipinski definition) is 1. The van der Waals surface area contributed by atoms with Crippen molar-refractivity contribution in [1.29, 1.82) is 0 Å². The van der Waals surface area contributed by atoms with Crippen LogP contribution in [0.3, 0.4) is 0 Å². The van der Waals surface area contributed by atoms with E-state index in [2.05, 4.69) is 19.7 Å². The quantitative estimate of drug-likeness (QED) is 0.524. The summed E-state index contributed by atoms with van der Waals surface area (Å²) >= 11 is 0. The number of ether oxygens (including phenoxy) is 1. The Labute approximate surface area is 155 Å². The molecule has 2 rings (SSSR count). The maximum absolute atomic E-state index is 10.9. The first kappa shape index (κ1) is 19.2. The molecule has 2 aromatic rings. The standard InChI is InChI=1S/C22H26N2O2/c1-8-12-14-18-15(5)16(10-3)20(24(18)25)21-22(26-7)17(11-4)19(13-9-2)23(21)6/h8-14,25H,1,3-4H2,2,5-7H3/b13-9-,14-12-. The van der Waals surface area contributed by atoms with Gasteiger partial charge in [0.05, 0.1) is 18.5 Å². The van der Waals surface area contributed by atoms with Crippen LogP contribution in [0.1, 0.15) is 35.0 Å². The average molecular weight is 350 g/mol. The van der Waals surface area contributed by atoms with Crippen molar-refractivity contribution in [3.8, 4) is 17.1 Å². The zero-order valence-corrected chi connectivity index (χ0v) is 15.9. The minimum absolute atomic E-state index is 0.624. The molecule has 0 fully saturated rings. The van der Waals surface area contributed by atoms with Crippen LogP contribution in [0.25, 0.3) is 35.7 Å². The Morgan fingerprint density at radius 2 is 1.65 bits per heavy atom. The Bertz CT molecular complexity index is 921. The molecule has 2 heterocycles. The molecule has 0 atom stereocenters. The molecule has 0 aliphatic heterocycles. The lowest BCUT2D eigenvalue weighted by molar-refractivity contribution is 0.189. The van der Waals surface area contributed by atoms with Gasteiger partial charge in [-0.1, -0.05) is 50.1 Å². The average Bonchev–Trinajstić information content (AvgIpc) is 3.03. The van der Waals surface area contributed by atoms with Gasteiger partial charge in [0.15, 0.2) is 5.75 Å². The van der Waals surface area contributed by atoms with Gasteiger partial charge in [0, 0.05) is 18.2 Å². The van der Waals surface area contributed by atoms with Crippen molar-refractivity contribution in [2.75, 3.05) is 7.11 Å². The van der Waals surface area contributed by atoms with Crippen LogP contribution in [0, 0.1) is 6.92 Å². The molecule has 0 bridgehead atoms. The van der Waals surface area contributed by atoms with Gasteiger partial charge in [-0.25, -0.2) is 0 Å². The molecule has 0 saturated carbocycles. The van der Waals surface area contributed by atoms with E-state index in [1.54, 1.807) is 31.4 Å². The van der Waals surface area contributed by atoms with Crippen LogP contribution in [0.2, 0.25) is 0 Å². The molecule has 0 saturated heterocycles. The molecule has 0 spiro atoms. The van der Waals surface area contributed by atoms with E-state index in [1.165, 1.54) is 4.73 Å². The predicted octanol–water partition coefficient (Wildman–Crippen LogP) is 5.57. The zero-order valence-electron chi connectivity index (χ0n) is 15.9. The van der Waals surface area contributed by atoms with Gasteiger partial charge in [0.25, 0.3) is 0 Å². The fourth-order valence-electron chi connectivity index (χ4n) is 3.27. The van der Waals surface area contributed by atoms with Gasteiger partial charge in [-0.2, -0.15) is 4.73 Å². The summed E-state index contributed by atoms with van der Waals surface area (Å²) < 4.78 is 8.86. The van der Waals surface area contributed by atoms with E-state index in [4.69, 9.17) is 4.74 Å². The van der Waals surface area contributed by atoms with Crippen LogP contribution in [0.4, 0.5) is 0 Å². The molecule has 0 radical (unpaired) electrons. The number of hydrogen-bond acceptors (Lipinski definition) is 2. The molecular weight excluding hydrogens is 324 g/mol. The number of aromatic nitrogens is 2. The highest BCUT2D eigenvalue weighted by atomic mass is 16.5. The molecule has 0 unspecified atom stereocenters. The van der Waals surface area contributed by atoms with Gasteiger partial charge in [0.1, 0.15) is 11.4 Å². The summed E-state index contributed by atoms with van der Waals surface area (Å²) in [6.45, 7) is 15.4. The van der Waals surface area contributed by atoms with Crippen LogP contribution in [0.15, 0.2) is 38.0 Å². The molecule has 0 aliphatic rings. The molecule has 0 amide bonds. The highest BCUT2D eigenvalue weighted by Gasteiger charge is 2.27. The summed E-state index contributed by atoms with van der Waals surface area (Å²) in [7, 11) is 3.56. The normalized spacial score (nSPS) is 11.4. The molecule has 4 heteroatoms. The summed E-state index contributed by atoms with van der Waals surface area (Å²) in [5.41, 5.74) is 5.65. The lowest BCUT2D eigenvalue weighted by Gasteiger charge is -2.10. The second-order valence-electron chi connectivity index (χ2n) is 5.83. The number of rotatable bonds is 7. The van der Waals surface area contributed by atoms with Crippen LogP contribution in [0.5, 0.6) is 5.75 Å². The minimum atomic E-state index is 0.624. The lowest BCUT2D eigenvalue weighted by Crippen LogP contribution is -2.03. The van der Waals surface area contributed by atoms with Crippen molar-refractivity contribution in [3.63, 3.8) is 0 Å². The molecule has 0 aliphatic carbocycles. The molecule has 136 valence electrons. The predicted molar refractivity (Wildman–Crippen MR) is 111 cm³/mol. The summed E-state index contributed by atoms with van der Waals surface area (Å²) in [4.78, 5) is 0. The Kier molecular flexibility index (Phi) is 5.78. The van der Waals surface area contributed by atoms with Crippen molar-refractivity contribution in [2.24, 2.45) is 7.05 Å². The lowest BCUT2D eigenvalue weighted by atomic mass is 10.1.